The van der Waals surface area contributed by atoms with Crippen molar-refractivity contribution in [1.29, 1.82) is 0 Å². The van der Waals surface area contributed by atoms with Crippen molar-refractivity contribution < 1.29 is 24.5 Å². The van der Waals surface area contributed by atoms with E-state index >= 15 is 0 Å². The Labute approximate surface area is 159 Å². The molecular weight excluding hydrogens is 346 g/mol. The van der Waals surface area contributed by atoms with Crippen molar-refractivity contribution in [2.45, 2.75) is 44.2 Å². The number of aliphatic hydroxyl groups is 1. The van der Waals surface area contributed by atoms with E-state index in [1.165, 1.54) is 0 Å². The van der Waals surface area contributed by atoms with Crippen LogP contribution in [0.1, 0.15) is 31.2 Å². The van der Waals surface area contributed by atoms with Gasteiger partial charge in [0, 0.05) is 25.8 Å². The molecule has 1 fully saturated rings. The molecule has 1 saturated heterocycles. The van der Waals surface area contributed by atoms with E-state index < -0.39 is 12.1 Å². The minimum Gasteiger partial charge on any atom is -0.481 e. The highest BCUT2D eigenvalue weighted by Gasteiger charge is 2.26. The van der Waals surface area contributed by atoms with E-state index in [-0.39, 0.29) is 18.6 Å². The summed E-state index contributed by atoms with van der Waals surface area (Å²) in [5, 5.41) is 18.8. The maximum absolute atomic E-state index is 12.0. The van der Waals surface area contributed by atoms with Crippen LogP contribution in [0.25, 0.3) is 0 Å². The molecule has 1 aliphatic rings. The molecule has 2 rings (SSSR count). The number of hydrogen-bond acceptors (Lipinski definition) is 4. The molecule has 0 bridgehead atoms. The molecule has 0 spiro atoms. The Morgan fingerprint density at radius 2 is 2.07 bits per heavy atom. The van der Waals surface area contributed by atoms with Gasteiger partial charge < -0.3 is 14.9 Å². The second-order valence-corrected chi connectivity index (χ2v) is 6.52. The van der Waals surface area contributed by atoms with Gasteiger partial charge in [-0.25, -0.2) is 4.79 Å². The van der Waals surface area contributed by atoms with Crippen molar-refractivity contribution in [3.63, 3.8) is 0 Å². The zero-order valence-corrected chi connectivity index (χ0v) is 15.4. The lowest BCUT2D eigenvalue weighted by molar-refractivity contribution is -0.137. The molecule has 1 aliphatic heterocycles. The predicted octanol–water partition coefficient (Wildman–Crippen LogP) is 3.17. The van der Waals surface area contributed by atoms with Crippen LogP contribution in [0.15, 0.2) is 54.6 Å². The smallest absolute Gasteiger partial charge is 0.410 e. The van der Waals surface area contributed by atoms with Gasteiger partial charge >= 0.3 is 12.1 Å². The minimum absolute atomic E-state index is 0.125. The van der Waals surface area contributed by atoms with Crippen molar-refractivity contribution in [2.24, 2.45) is 0 Å². The zero-order chi connectivity index (χ0) is 19.5. The van der Waals surface area contributed by atoms with Gasteiger partial charge in [0.2, 0.25) is 0 Å². The fraction of sp³-hybridized carbons (Fsp3) is 0.429. The summed E-state index contributed by atoms with van der Waals surface area (Å²) < 4.78 is 5.11. The number of amides is 1. The third-order valence-corrected chi connectivity index (χ3v) is 4.35. The summed E-state index contributed by atoms with van der Waals surface area (Å²) in [7, 11) is 0. The molecule has 27 heavy (non-hydrogen) atoms. The van der Waals surface area contributed by atoms with E-state index in [1.807, 2.05) is 48.6 Å². The van der Waals surface area contributed by atoms with Crippen LogP contribution in [0.3, 0.4) is 0 Å². The number of cyclic esters (lactones) is 1. The topological polar surface area (TPSA) is 87.1 Å². The number of allylic oxidation sites excluding steroid dienone is 1. The fourth-order valence-corrected chi connectivity index (χ4v) is 2.91. The highest BCUT2D eigenvalue weighted by molar-refractivity contribution is 5.69. The van der Waals surface area contributed by atoms with E-state index in [2.05, 4.69) is 0 Å². The molecule has 1 aromatic rings. The quantitative estimate of drug-likeness (QED) is 0.486. The van der Waals surface area contributed by atoms with E-state index in [0.29, 0.717) is 38.8 Å². The molecule has 6 nitrogen and oxygen atoms in total. The number of aliphatic carboxylic acids is 1. The summed E-state index contributed by atoms with van der Waals surface area (Å²) in [5.74, 6) is -0.803. The Kier molecular flexibility index (Phi) is 8.58. The Morgan fingerprint density at radius 3 is 2.81 bits per heavy atom. The second kappa shape index (κ2) is 11.2. The maximum Gasteiger partial charge on any atom is 0.410 e. The van der Waals surface area contributed by atoms with Gasteiger partial charge in [-0.2, -0.15) is 0 Å². The average Bonchev–Trinajstić information content (AvgIpc) is 2.65. The third-order valence-electron chi connectivity index (χ3n) is 4.35. The Bertz CT molecular complexity index is 656. The van der Waals surface area contributed by atoms with E-state index in [9.17, 15) is 14.7 Å². The first-order valence-electron chi connectivity index (χ1n) is 9.27. The van der Waals surface area contributed by atoms with Gasteiger partial charge in [0.15, 0.2) is 0 Å². The molecule has 0 aliphatic carbocycles. The molecule has 0 saturated carbocycles. The molecule has 146 valence electrons. The third kappa shape index (κ3) is 7.66. The summed E-state index contributed by atoms with van der Waals surface area (Å²) in [6.07, 6.45) is 8.93. The molecule has 0 aromatic heterocycles. The number of unbranched alkanes of at least 4 members (excludes halogenated alkanes) is 1. The zero-order valence-electron chi connectivity index (χ0n) is 15.4. The molecule has 1 heterocycles. The van der Waals surface area contributed by atoms with Gasteiger partial charge in [-0.1, -0.05) is 54.6 Å². The molecule has 1 aromatic carbocycles. The number of rotatable bonds is 10. The highest BCUT2D eigenvalue weighted by atomic mass is 16.6. The summed E-state index contributed by atoms with van der Waals surface area (Å²) in [6, 6.07) is 9.63. The SMILES string of the molecule is O=C(O)CCCC=CCN1C(=O)OCC[C@@H]1C=CC(O)Cc1ccccc1. The number of carboxylic acids is 1. The van der Waals surface area contributed by atoms with Crippen LogP contribution in [0.2, 0.25) is 0 Å². The van der Waals surface area contributed by atoms with Gasteiger partial charge in [0.25, 0.3) is 0 Å². The van der Waals surface area contributed by atoms with Crippen molar-refractivity contribution >= 4 is 12.1 Å². The van der Waals surface area contributed by atoms with E-state index in [0.717, 1.165) is 5.56 Å². The molecule has 2 atom stereocenters. The van der Waals surface area contributed by atoms with Crippen molar-refractivity contribution in [2.75, 3.05) is 13.2 Å². The number of carbonyl (C=O) groups is 2. The maximum atomic E-state index is 12.0. The molecule has 6 heteroatoms. The number of carboxylic acid groups (broad SMARTS) is 1. The van der Waals surface area contributed by atoms with Gasteiger partial charge in [-0.05, 0) is 18.4 Å². The molecule has 2 N–H and O–H groups in total. The van der Waals surface area contributed by atoms with Gasteiger partial charge in [0.05, 0.1) is 18.8 Å². The van der Waals surface area contributed by atoms with Crippen LogP contribution in [0, 0.1) is 0 Å². The van der Waals surface area contributed by atoms with Crippen LogP contribution in [0.5, 0.6) is 0 Å². The molecule has 1 unspecified atom stereocenters. The Morgan fingerprint density at radius 1 is 1.30 bits per heavy atom. The summed E-state index contributed by atoms with van der Waals surface area (Å²) in [4.78, 5) is 24.1. The van der Waals surface area contributed by atoms with Crippen LogP contribution < -0.4 is 0 Å². The number of carbonyl (C=O) groups excluding carboxylic acids is 1. The van der Waals surface area contributed by atoms with Crippen LogP contribution in [-0.2, 0) is 16.0 Å². The first-order valence-corrected chi connectivity index (χ1v) is 9.27. The average molecular weight is 373 g/mol. The number of aliphatic hydroxyl groups excluding tert-OH is 1. The normalized spacial score (nSPS) is 18.8. The molecule has 1 amide bonds. The van der Waals surface area contributed by atoms with Gasteiger partial charge in [-0.15, -0.1) is 0 Å². The van der Waals surface area contributed by atoms with Crippen LogP contribution in [-0.4, -0.2) is 52.5 Å². The Hall–Kier alpha value is -2.60. The minimum atomic E-state index is -0.803. The van der Waals surface area contributed by atoms with Crippen LogP contribution >= 0.6 is 0 Å². The Balaban J connectivity index is 1.85. The number of nitrogens with zero attached hydrogens (tertiary/aromatic N) is 1. The van der Waals surface area contributed by atoms with Crippen molar-refractivity contribution in [1.82, 2.24) is 4.90 Å². The van der Waals surface area contributed by atoms with E-state index in [1.54, 1.807) is 11.0 Å². The van der Waals surface area contributed by atoms with Crippen molar-refractivity contribution in [3.8, 4) is 0 Å². The first kappa shape index (κ1) is 20.7. The lowest BCUT2D eigenvalue weighted by Gasteiger charge is -2.32. The number of benzene rings is 1. The predicted molar refractivity (Wildman–Crippen MR) is 102 cm³/mol. The second-order valence-electron chi connectivity index (χ2n) is 6.52. The number of ether oxygens (including phenoxy) is 1. The first-order chi connectivity index (χ1) is 13.1. The largest absolute Gasteiger partial charge is 0.481 e. The summed E-state index contributed by atoms with van der Waals surface area (Å²) in [5.41, 5.74) is 1.05. The number of hydrogen-bond donors (Lipinski definition) is 2. The van der Waals surface area contributed by atoms with Crippen LogP contribution in [0.4, 0.5) is 4.79 Å². The molecule has 0 radical (unpaired) electrons. The van der Waals surface area contributed by atoms with Crippen molar-refractivity contribution in [3.05, 3.63) is 60.2 Å². The highest BCUT2D eigenvalue weighted by Crippen LogP contribution is 2.16. The fourth-order valence-electron chi connectivity index (χ4n) is 2.91. The van der Waals surface area contributed by atoms with Gasteiger partial charge in [-0.3, -0.25) is 9.69 Å². The summed E-state index contributed by atoms with van der Waals surface area (Å²) in [6.45, 7) is 0.761. The monoisotopic (exact) mass is 373 g/mol. The summed E-state index contributed by atoms with van der Waals surface area (Å²) >= 11 is 0. The lowest BCUT2D eigenvalue weighted by atomic mass is 10.1. The van der Waals surface area contributed by atoms with E-state index in [4.69, 9.17) is 9.84 Å². The van der Waals surface area contributed by atoms with Gasteiger partial charge in [0.1, 0.15) is 0 Å². The standard InChI is InChI=1S/C21H27NO5/c23-19(16-17-8-4-3-5-9-17)12-11-18-13-15-27-21(26)22(18)14-7-2-1-6-10-20(24)25/h2-5,7-9,11-12,18-19,23H,1,6,10,13-16H2,(H,24,25)/t18-,19?/m0/s1. The lowest BCUT2D eigenvalue weighted by Crippen LogP contribution is -2.44. The molecular formula is C21H27NO5.